The first-order valence-corrected chi connectivity index (χ1v) is 9.43. The van der Waals surface area contributed by atoms with Crippen LogP contribution in [0.2, 0.25) is 0 Å². The summed E-state index contributed by atoms with van der Waals surface area (Å²) in [7, 11) is 3.25. The molecule has 1 aromatic rings. The topological polar surface area (TPSA) is 68.8 Å². The second kappa shape index (κ2) is 12.8. The van der Waals surface area contributed by atoms with Gasteiger partial charge in [0, 0.05) is 13.5 Å². The molecule has 0 saturated carbocycles. The molecule has 0 radical (unpaired) electrons. The van der Waals surface area contributed by atoms with E-state index in [-0.39, 0.29) is 24.4 Å². The van der Waals surface area contributed by atoms with Gasteiger partial charge in [0.25, 0.3) is 0 Å². The normalized spacial score (nSPS) is 15.5. The Bertz CT molecular complexity index is 565. The van der Waals surface area contributed by atoms with Crippen molar-refractivity contribution in [3.8, 4) is 11.5 Å². The summed E-state index contributed by atoms with van der Waals surface area (Å²) in [6, 6.07) is 5.68. The second-order valence-electron chi connectivity index (χ2n) is 6.77. The molecule has 0 bridgehead atoms. The zero-order valence-electron chi connectivity index (χ0n) is 16.6. The van der Waals surface area contributed by atoms with Crippen molar-refractivity contribution in [2.45, 2.75) is 38.6 Å². The maximum Gasteiger partial charge on any atom is 0.220 e. The van der Waals surface area contributed by atoms with Crippen molar-refractivity contribution in [3.05, 3.63) is 23.8 Å². The summed E-state index contributed by atoms with van der Waals surface area (Å²) >= 11 is 0. The van der Waals surface area contributed by atoms with Crippen LogP contribution in [0.1, 0.15) is 44.2 Å². The molecule has 1 aliphatic heterocycles. The van der Waals surface area contributed by atoms with Crippen LogP contribution in [-0.4, -0.2) is 46.4 Å². The molecule has 0 aliphatic carbocycles. The number of amides is 1. The molecule has 27 heavy (non-hydrogen) atoms. The van der Waals surface area contributed by atoms with E-state index in [4.69, 9.17) is 14.2 Å². The van der Waals surface area contributed by atoms with Crippen LogP contribution >= 0.6 is 12.4 Å². The van der Waals surface area contributed by atoms with Gasteiger partial charge in [-0.25, -0.2) is 0 Å². The van der Waals surface area contributed by atoms with Crippen LogP contribution in [-0.2, 0) is 9.53 Å². The molecular formula is C20H33ClN2O4. The fraction of sp³-hybridized carbons (Fsp3) is 0.650. The minimum Gasteiger partial charge on any atom is -0.493 e. The summed E-state index contributed by atoms with van der Waals surface area (Å²) < 4.78 is 16.1. The Balaban J connectivity index is 0.00000364. The van der Waals surface area contributed by atoms with E-state index in [1.165, 1.54) is 12.8 Å². The van der Waals surface area contributed by atoms with Gasteiger partial charge in [-0.15, -0.1) is 12.4 Å². The Morgan fingerprint density at radius 3 is 2.63 bits per heavy atom. The van der Waals surface area contributed by atoms with E-state index >= 15 is 0 Å². The minimum absolute atomic E-state index is 0. The monoisotopic (exact) mass is 400 g/mol. The molecule has 1 aromatic carbocycles. The third kappa shape index (κ3) is 7.95. The molecule has 1 aliphatic rings. The van der Waals surface area contributed by atoms with Crippen molar-refractivity contribution < 1.29 is 19.0 Å². The molecular weight excluding hydrogens is 368 g/mol. The Kier molecular flexibility index (Phi) is 11.2. The highest BCUT2D eigenvalue weighted by molar-refractivity contribution is 5.85. The fourth-order valence-electron chi connectivity index (χ4n) is 3.21. The van der Waals surface area contributed by atoms with Gasteiger partial charge in [0.05, 0.1) is 19.8 Å². The highest BCUT2D eigenvalue weighted by atomic mass is 35.5. The maximum atomic E-state index is 12.3. The first-order chi connectivity index (χ1) is 12.6. The third-order valence-corrected chi connectivity index (χ3v) is 4.85. The summed E-state index contributed by atoms with van der Waals surface area (Å²) in [5.74, 6) is 2.11. The number of benzene rings is 1. The van der Waals surface area contributed by atoms with E-state index in [0.717, 1.165) is 25.1 Å². The summed E-state index contributed by atoms with van der Waals surface area (Å²) in [4.78, 5) is 12.3. The summed E-state index contributed by atoms with van der Waals surface area (Å²) in [5.41, 5.74) is 0.996. The van der Waals surface area contributed by atoms with E-state index in [1.54, 1.807) is 14.2 Å². The number of methoxy groups -OCH3 is 2. The highest BCUT2D eigenvalue weighted by Crippen LogP contribution is 2.30. The van der Waals surface area contributed by atoms with E-state index in [2.05, 4.69) is 10.6 Å². The van der Waals surface area contributed by atoms with Gasteiger partial charge in [0.2, 0.25) is 5.91 Å². The third-order valence-electron chi connectivity index (χ3n) is 4.85. The molecule has 154 valence electrons. The molecule has 1 heterocycles. The SMILES string of the molecule is COCCOc1ccc(C(C)NC(=O)CCC2CCNCC2)cc1OC.Cl. The average Bonchev–Trinajstić information content (AvgIpc) is 2.67. The molecule has 1 atom stereocenters. The molecule has 1 amide bonds. The van der Waals surface area contributed by atoms with Gasteiger partial charge in [0.1, 0.15) is 6.61 Å². The lowest BCUT2D eigenvalue weighted by Crippen LogP contribution is -2.30. The van der Waals surface area contributed by atoms with Gasteiger partial charge in [0.15, 0.2) is 11.5 Å². The van der Waals surface area contributed by atoms with Gasteiger partial charge < -0.3 is 24.8 Å². The van der Waals surface area contributed by atoms with Crippen molar-refractivity contribution in [1.82, 2.24) is 10.6 Å². The zero-order valence-corrected chi connectivity index (χ0v) is 17.4. The van der Waals surface area contributed by atoms with Crippen LogP contribution in [0.15, 0.2) is 18.2 Å². The predicted octanol–water partition coefficient (Wildman–Crippen LogP) is 3.10. The zero-order chi connectivity index (χ0) is 18.8. The summed E-state index contributed by atoms with van der Waals surface area (Å²) in [6.45, 7) is 5.12. The van der Waals surface area contributed by atoms with Crippen LogP contribution in [0.5, 0.6) is 11.5 Å². The number of ether oxygens (including phenoxy) is 3. The van der Waals surface area contributed by atoms with E-state index in [1.807, 2.05) is 25.1 Å². The number of piperidine rings is 1. The molecule has 2 rings (SSSR count). The summed E-state index contributed by atoms with van der Waals surface area (Å²) in [5, 5.41) is 6.45. The number of rotatable bonds is 10. The number of carbonyl (C=O) groups excluding carboxylic acids is 1. The predicted molar refractivity (Wildman–Crippen MR) is 109 cm³/mol. The summed E-state index contributed by atoms with van der Waals surface area (Å²) in [6.07, 6.45) is 3.90. The quantitative estimate of drug-likeness (QED) is 0.590. The molecule has 1 unspecified atom stereocenters. The van der Waals surface area contributed by atoms with Crippen molar-refractivity contribution in [3.63, 3.8) is 0 Å². The van der Waals surface area contributed by atoms with Crippen LogP contribution in [0.3, 0.4) is 0 Å². The van der Waals surface area contributed by atoms with Crippen molar-refractivity contribution in [2.24, 2.45) is 5.92 Å². The standard InChI is InChI=1S/C20H32N2O4.ClH/c1-15(22-20(23)7-4-16-8-10-21-11-9-16)17-5-6-18(19(14-17)25-3)26-13-12-24-2;/h5-6,14-16,21H,4,7-13H2,1-3H3,(H,22,23);1H. The Morgan fingerprint density at radius 1 is 1.22 bits per heavy atom. The first-order valence-electron chi connectivity index (χ1n) is 9.43. The van der Waals surface area contributed by atoms with Crippen LogP contribution in [0, 0.1) is 5.92 Å². The Labute approximate surface area is 168 Å². The van der Waals surface area contributed by atoms with Gasteiger partial charge in [-0.05, 0) is 62.9 Å². The number of nitrogens with one attached hydrogen (secondary N) is 2. The fourth-order valence-corrected chi connectivity index (χ4v) is 3.21. The Hall–Kier alpha value is -1.50. The smallest absolute Gasteiger partial charge is 0.220 e. The molecule has 7 heteroatoms. The van der Waals surface area contributed by atoms with Crippen LogP contribution in [0.25, 0.3) is 0 Å². The molecule has 0 aromatic heterocycles. The minimum atomic E-state index is -0.0718. The lowest BCUT2D eigenvalue weighted by atomic mass is 9.93. The van der Waals surface area contributed by atoms with Gasteiger partial charge in [-0.1, -0.05) is 6.07 Å². The molecule has 1 saturated heterocycles. The van der Waals surface area contributed by atoms with Crippen LogP contribution in [0.4, 0.5) is 0 Å². The lowest BCUT2D eigenvalue weighted by Gasteiger charge is -2.22. The van der Waals surface area contributed by atoms with Crippen molar-refractivity contribution in [1.29, 1.82) is 0 Å². The van der Waals surface area contributed by atoms with E-state index in [9.17, 15) is 4.79 Å². The van der Waals surface area contributed by atoms with Crippen molar-refractivity contribution in [2.75, 3.05) is 40.5 Å². The number of carbonyl (C=O) groups is 1. The maximum absolute atomic E-state index is 12.3. The second-order valence-corrected chi connectivity index (χ2v) is 6.77. The number of hydrogen-bond donors (Lipinski definition) is 2. The average molecular weight is 401 g/mol. The molecule has 0 spiro atoms. The van der Waals surface area contributed by atoms with Gasteiger partial charge in [-0.2, -0.15) is 0 Å². The Morgan fingerprint density at radius 2 is 1.96 bits per heavy atom. The van der Waals surface area contributed by atoms with Crippen LogP contribution < -0.4 is 20.1 Å². The van der Waals surface area contributed by atoms with Gasteiger partial charge >= 0.3 is 0 Å². The molecule has 2 N–H and O–H groups in total. The lowest BCUT2D eigenvalue weighted by molar-refractivity contribution is -0.122. The van der Waals surface area contributed by atoms with Crippen molar-refractivity contribution >= 4 is 18.3 Å². The first kappa shape index (κ1) is 23.5. The number of hydrogen-bond acceptors (Lipinski definition) is 5. The molecule has 1 fully saturated rings. The highest BCUT2D eigenvalue weighted by Gasteiger charge is 2.16. The largest absolute Gasteiger partial charge is 0.493 e. The van der Waals surface area contributed by atoms with E-state index in [0.29, 0.717) is 37.1 Å². The molecule has 6 nitrogen and oxygen atoms in total. The number of halogens is 1. The van der Waals surface area contributed by atoms with Gasteiger partial charge in [-0.3, -0.25) is 4.79 Å². The van der Waals surface area contributed by atoms with E-state index < -0.39 is 0 Å².